The number of hydrogen-bond donors (Lipinski definition) is 1. The molecular formula is C28H38N4O5. The molecule has 1 aromatic carbocycles. The van der Waals surface area contributed by atoms with E-state index in [4.69, 9.17) is 9.72 Å². The average molecular weight is 511 g/mol. The Hall–Kier alpha value is -3.10. The van der Waals surface area contributed by atoms with E-state index >= 15 is 0 Å². The number of hydrogen-bond acceptors (Lipinski definition) is 5. The van der Waals surface area contributed by atoms with E-state index in [1.165, 1.54) is 7.11 Å². The van der Waals surface area contributed by atoms with E-state index in [0.717, 1.165) is 73.2 Å². The van der Waals surface area contributed by atoms with Crippen molar-refractivity contribution >= 4 is 34.7 Å². The molecule has 5 rings (SSSR count). The van der Waals surface area contributed by atoms with Crippen molar-refractivity contribution in [1.29, 1.82) is 0 Å². The number of fused-ring (bicyclic) bond motifs is 3. The van der Waals surface area contributed by atoms with E-state index in [1.54, 1.807) is 4.90 Å². The lowest BCUT2D eigenvalue weighted by Gasteiger charge is -2.34. The Bertz CT molecular complexity index is 1210. The number of anilines is 1. The van der Waals surface area contributed by atoms with Crippen LogP contribution in [0, 0.1) is 5.92 Å². The lowest BCUT2D eigenvalue weighted by Crippen LogP contribution is -2.42. The van der Waals surface area contributed by atoms with Gasteiger partial charge in [0, 0.05) is 43.1 Å². The molecule has 3 heterocycles. The van der Waals surface area contributed by atoms with Crippen molar-refractivity contribution < 1.29 is 24.2 Å². The molecule has 2 aromatic rings. The fraction of sp³-hybridized carbons (Fsp3) is 0.643. The largest absolute Gasteiger partial charge is 0.481 e. The fourth-order valence-electron chi connectivity index (χ4n) is 6.61. The number of likely N-dealkylation sites (tertiary alicyclic amines) is 1. The molecule has 37 heavy (non-hydrogen) atoms. The quantitative estimate of drug-likeness (QED) is 0.615. The van der Waals surface area contributed by atoms with Gasteiger partial charge in [0.25, 0.3) is 0 Å². The number of imidazole rings is 1. The number of methoxy groups -OCH3 is 1. The van der Waals surface area contributed by atoms with Crippen LogP contribution in [0.15, 0.2) is 12.1 Å². The molecule has 0 radical (unpaired) electrons. The molecular weight excluding hydrogens is 472 g/mol. The molecule has 9 nitrogen and oxygen atoms in total. The molecule has 0 unspecified atom stereocenters. The predicted octanol–water partition coefficient (Wildman–Crippen LogP) is 4.88. The summed E-state index contributed by atoms with van der Waals surface area (Å²) in [5.41, 5.74) is 3.73. The van der Waals surface area contributed by atoms with Crippen LogP contribution in [0.25, 0.3) is 11.0 Å². The second-order valence-electron chi connectivity index (χ2n) is 11.1. The number of carbonyl (C=O) groups excluding carboxylic acids is 2. The van der Waals surface area contributed by atoms with Gasteiger partial charge >= 0.3 is 12.1 Å². The van der Waals surface area contributed by atoms with Gasteiger partial charge in [-0.05, 0) is 64.0 Å². The first-order valence-electron chi connectivity index (χ1n) is 13.7. The number of nitrogens with zero attached hydrogens (tertiary/aromatic N) is 4. The summed E-state index contributed by atoms with van der Waals surface area (Å²) in [6, 6.07) is 4.08. The molecule has 1 aromatic heterocycles. The summed E-state index contributed by atoms with van der Waals surface area (Å²) in [6.45, 7) is 5.52. The maximum Gasteiger partial charge on any atom is 0.414 e. The predicted molar refractivity (Wildman–Crippen MR) is 140 cm³/mol. The Balaban J connectivity index is 1.61. The van der Waals surface area contributed by atoms with Crippen LogP contribution in [-0.4, -0.2) is 63.8 Å². The number of benzene rings is 1. The highest BCUT2D eigenvalue weighted by atomic mass is 16.5. The molecule has 2 aliphatic heterocycles. The number of ether oxygens (including phenoxy) is 1. The highest BCUT2D eigenvalue weighted by Gasteiger charge is 2.35. The van der Waals surface area contributed by atoms with E-state index in [9.17, 15) is 19.5 Å². The first-order chi connectivity index (χ1) is 17.8. The molecule has 2 fully saturated rings. The minimum absolute atomic E-state index is 0.00507. The third-order valence-corrected chi connectivity index (χ3v) is 8.57. The molecule has 1 N–H and O–H groups in total. The second kappa shape index (κ2) is 10.3. The van der Waals surface area contributed by atoms with Crippen LogP contribution in [0.1, 0.15) is 88.6 Å². The maximum atomic E-state index is 12.6. The topological polar surface area (TPSA) is 105 Å². The number of aliphatic carboxylic acids is 1. The van der Waals surface area contributed by atoms with Crippen LogP contribution in [0.5, 0.6) is 0 Å². The van der Waals surface area contributed by atoms with E-state index in [1.807, 2.05) is 24.0 Å². The Morgan fingerprint density at radius 2 is 1.97 bits per heavy atom. The maximum absolute atomic E-state index is 12.6. The van der Waals surface area contributed by atoms with Gasteiger partial charge in [-0.3, -0.25) is 14.5 Å². The number of carboxylic acid groups (broad SMARTS) is 1. The van der Waals surface area contributed by atoms with Crippen LogP contribution in [0.2, 0.25) is 0 Å². The average Bonchev–Trinajstić information content (AvgIpc) is 3.29. The molecule has 4 atom stereocenters. The van der Waals surface area contributed by atoms with Gasteiger partial charge in [-0.15, -0.1) is 0 Å². The number of carboxylic acids is 1. The number of piperidine rings is 1. The third kappa shape index (κ3) is 4.68. The van der Waals surface area contributed by atoms with Crippen molar-refractivity contribution in [3.63, 3.8) is 0 Å². The molecule has 1 saturated heterocycles. The molecule has 2 amide bonds. The fourth-order valence-corrected chi connectivity index (χ4v) is 6.61. The van der Waals surface area contributed by atoms with Gasteiger partial charge in [-0.1, -0.05) is 13.3 Å². The van der Waals surface area contributed by atoms with Crippen LogP contribution in [-0.2, 0) is 20.7 Å². The SMILES string of the molecule is COC(=O)N1c2ccc3c(nc([C@H](C)CN4CCCCC4=O)n3[C@@H]3CCC[C@H](C(=O)O)C3)c2CC[C@@H]1C. The van der Waals surface area contributed by atoms with Crippen LogP contribution < -0.4 is 4.90 Å². The van der Waals surface area contributed by atoms with Gasteiger partial charge in [0.1, 0.15) is 5.82 Å². The Morgan fingerprint density at radius 1 is 1.16 bits per heavy atom. The number of carbonyl (C=O) groups is 3. The van der Waals surface area contributed by atoms with Gasteiger partial charge in [0.2, 0.25) is 5.91 Å². The highest BCUT2D eigenvalue weighted by Crippen LogP contribution is 2.41. The Morgan fingerprint density at radius 3 is 2.70 bits per heavy atom. The van der Waals surface area contributed by atoms with Crippen molar-refractivity contribution in [2.45, 2.75) is 89.6 Å². The normalized spacial score (nSPS) is 25.2. The van der Waals surface area contributed by atoms with Crippen molar-refractivity contribution in [3.8, 4) is 0 Å². The Kier molecular flexibility index (Phi) is 7.14. The standard InChI is InChI=1S/C28H38N4O5/c1-17(16-30-14-5-4-9-24(30)33)26-29-25-21-11-10-18(2)31(28(36)37-3)22(21)12-13-23(25)32(26)20-8-6-7-19(15-20)27(34)35/h12-13,17-20H,4-11,14-16H2,1-3H3,(H,34,35)/t17-,18+,19+,20-/m1/s1. The van der Waals surface area contributed by atoms with Crippen molar-refractivity contribution in [1.82, 2.24) is 14.5 Å². The van der Waals surface area contributed by atoms with Crippen LogP contribution in [0.4, 0.5) is 10.5 Å². The molecule has 1 aliphatic carbocycles. The zero-order valence-corrected chi connectivity index (χ0v) is 22.1. The van der Waals surface area contributed by atoms with Gasteiger partial charge in [0.15, 0.2) is 0 Å². The highest BCUT2D eigenvalue weighted by molar-refractivity contribution is 5.95. The summed E-state index contributed by atoms with van der Waals surface area (Å²) in [5.74, 6) is -0.000854. The zero-order chi connectivity index (χ0) is 26.3. The first kappa shape index (κ1) is 25.5. The summed E-state index contributed by atoms with van der Waals surface area (Å²) in [6.07, 6.45) is 6.85. The second-order valence-corrected chi connectivity index (χ2v) is 11.1. The van der Waals surface area contributed by atoms with Crippen LogP contribution >= 0.6 is 0 Å². The van der Waals surface area contributed by atoms with E-state index < -0.39 is 5.97 Å². The molecule has 3 aliphatic rings. The number of aryl methyl sites for hydroxylation is 1. The third-order valence-electron chi connectivity index (χ3n) is 8.57. The zero-order valence-electron chi connectivity index (χ0n) is 22.1. The van der Waals surface area contributed by atoms with Crippen molar-refractivity contribution in [2.75, 3.05) is 25.1 Å². The molecule has 0 bridgehead atoms. The van der Waals surface area contributed by atoms with E-state index in [0.29, 0.717) is 25.8 Å². The molecule has 1 saturated carbocycles. The molecule has 9 heteroatoms. The number of aromatic nitrogens is 2. The minimum Gasteiger partial charge on any atom is -0.481 e. The van der Waals surface area contributed by atoms with Crippen molar-refractivity contribution in [3.05, 3.63) is 23.5 Å². The summed E-state index contributed by atoms with van der Waals surface area (Å²) in [5, 5.41) is 9.76. The van der Waals surface area contributed by atoms with Crippen LogP contribution in [0.3, 0.4) is 0 Å². The van der Waals surface area contributed by atoms with Gasteiger partial charge in [0.05, 0.1) is 29.7 Å². The van der Waals surface area contributed by atoms with Crippen molar-refractivity contribution in [2.24, 2.45) is 5.92 Å². The minimum atomic E-state index is -0.734. The molecule has 0 spiro atoms. The van der Waals surface area contributed by atoms with E-state index in [2.05, 4.69) is 11.5 Å². The first-order valence-corrected chi connectivity index (χ1v) is 13.7. The Labute approximate surface area is 217 Å². The summed E-state index contributed by atoms with van der Waals surface area (Å²) in [7, 11) is 1.40. The van der Waals surface area contributed by atoms with Gasteiger partial charge < -0.3 is 19.3 Å². The smallest absolute Gasteiger partial charge is 0.414 e. The number of rotatable bonds is 5. The van der Waals surface area contributed by atoms with Gasteiger partial charge in [-0.25, -0.2) is 9.78 Å². The summed E-state index contributed by atoms with van der Waals surface area (Å²) < 4.78 is 7.36. The lowest BCUT2D eigenvalue weighted by molar-refractivity contribution is -0.143. The monoisotopic (exact) mass is 510 g/mol. The summed E-state index contributed by atoms with van der Waals surface area (Å²) in [4.78, 5) is 46.0. The summed E-state index contributed by atoms with van der Waals surface area (Å²) >= 11 is 0. The number of amides is 2. The molecule has 200 valence electrons. The van der Waals surface area contributed by atoms with E-state index in [-0.39, 0.29) is 35.9 Å². The lowest BCUT2D eigenvalue weighted by atomic mass is 9.85. The van der Waals surface area contributed by atoms with Gasteiger partial charge in [-0.2, -0.15) is 0 Å².